The van der Waals surface area contributed by atoms with Crippen LogP contribution in [0.4, 0.5) is 4.39 Å². The topological polar surface area (TPSA) is 132 Å². The first kappa shape index (κ1) is 19.9. The first-order valence-corrected chi connectivity index (χ1v) is 12.1. The molecule has 1 saturated heterocycles. The Balaban J connectivity index is 1.77. The molecule has 146 valence electrons. The highest BCUT2D eigenvalue weighted by molar-refractivity contribution is 7.92. The Morgan fingerprint density at radius 3 is 1.70 bits per heavy atom. The third-order valence-corrected chi connectivity index (χ3v) is 9.07. The van der Waals surface area contributed by atoms with Crippen molar-refractivity contribution in [1.82, 2.24) is 4.31 Å². The summed E-state index contributed by atoms with van der Waals surface area (Å²) >= 11 is 0. The number of halogens is 1. The van der Waals surface area contributed by atoms with Crippen molar-refractivity contribution < 1.29 is 29.6 Å². The summed E-state index contributed by atoms with van der Waals surface area (Å²) in [5.41, 5.74) is 0. The van der Waals surface area contributed by atoms with Gasteiger partial charge in [-0.05, 0) is 48.5 Å². The molecule has 0 saturated carbocycles. The molecule has 2 N–H and O–H groups in total. The SMILES string of the molecule is NS(=O)(=O)c1ccc(S(=O)(=O)N2CC(S(=O)(=O)c3ccc(F)cc3)C2)cc1. The lowest BCUT2D eigenvalue weighted by Gasteiger charge is -2.37. The van der Waals surface area contributed by atoms with E-state index in [0.29, 0.717) is 0 Å². The van der Waals surface area contributed by atoms with E-state index in [0.717, 1.165) is 52.8 Å². The molecule has 1 heterocycles. The van der Waals surface area contributed by atoms with Crippen LogP contribution in [0.5, 0.6) is 0 Å². The molecule has 1 aliphatic rings. The van der Waals surface area contributed by atoms with Crippen molar-refractivity contribution in [1.29, 1.82) is 0 Å². The van der Waals surface area contributed by atoms with Gasteiger partial charge in [0.15, 0.2) is 9.84 Å². The fraction of sp³-hybridized carbons (Fsp3) is 0.200. The number of primary sulfonamides is 1. The summed E-state index contributed by atoms with van der Waals surface area (Å²) in [7, 11) is -11.7. The Morgan fingerprint density at radius 1 is 0.778 bits per heavy atom. The van der Waals surface area contributed by atoms with Crippen LogP contribution in [0.1, 0.15) is 0 Å². The minimum absolute atomic E-state index is 0.0801. The van der Waals surface area contributed by atoms with Gasteiger partial charge in [0.05, 0.1) is 19.9 Å². The van der Waals surface area contributed by atoms with Crippen molar-refractivity contribution in [2.24, 2.45) is 5.14 Å². The summed E-state index contributed by atoms with van der Waals surface area (Å²) < 4.78 is 86.4. The van der Waals surface area contributed by atoms with Gasteiger partial charge in [-0.2, -0.15) is 4.31 Å². The number of benzene rings is 2. The second-order valence-corrected chi connectivity index (χ2v) is 11.7. The molecule has 8 nitrogen and oxygen atoms in total. The van der Waals surface area contributed by atoms with Gasteiger partial charge < -0.3 is 0 Å². The van der Waals surface area contributed by atoms with Gasteiger partial charge in [-0.1, -0.05) is 0 Å². The summed E-state index contributed by atoms with van der Waals surface area (Å²) in [4.78, 5) is -0.488. The maximum absolute atomic E-state index is 13.0. The Bertz CT molecular complexity index is 1170. The molecular formula is C15H15FN2O6S3. The molecule has 0 bridgehead atoms. The molecule has 0 atom stereocenters. The predicted octanol–water partition coefficient (Wildman–Crippen LogP) is 0.320. The Kier molecular flexibility index (Phi) is 4.89. The molecule has 2 aromatic carbocycles. The van der Waals surface area contributed by atoms with Crippen LogP contribution < -0.4 is 5.14 Å². The van der Waals surface area contributed by atoms with Crippen molar-refractivity contribution in [2.75, 3.05) is 13.1 Å². The number of hydrogen-bond donors (Lipinski definition) is 1. The van der Waals surface area contributed by atoms with Crippen LogP contribution in [-0.4, -0.2) is 47.9 Å². The average Bonchev–Trinajstić information content (AvgIpc) is 2.52. The summed E-state index contributed by atoms with van der Waals surface area (Å²) in [6.07, 6.45) is 0. The van der Waals surface area contributed by atoms with Crippen LogP contribution in [0.3, 0.4) is 0 Å². The van der Waals surface area contributed by atoms with Gasteiger partial charge in [0.25, 0.3) is 0 Å². The quantitative estimate of drug-likeness (QED) is 0.674. The maximum atomic E-state index is 13.0. The van der Waals surface area contributed by atoms with E-state index in [1.165, 1.54) is 0 Å². The molecule has 2 aromatic rings. The molecule has 3 rings (SSSR count). The maximum Gasteiger partial charge on any atom is 0.243 e. The van der Waals surface area contributed by atoms with Gasteiger partial charge in [0.1, 0.15) is 5.82 Å². The van der Waals surface area contributed by atoms with Crippen LogP contribution in [0.2, 0.25) is 0 Å². The van der Waals surface area contributed by atoms with Gasteiger partial charge in [0, 0.05) is 13.1 Å². The van der Waals surface area contributed by atoms with Crippen LogP contribution in [-0.2, 0) is 29.9 Å². The molecule has 1 fully saturated rings. The zero-order valence-electron chi connectivity index (χ0n) is 13.7. The minimum atomic E-state index is -3.97. The minimum Gasteiger partial charge on any atom is -0.225 e. The van der Waals surface area contributed by atoms with E-state index < -0.39 is 41.0 Å². The lowest BCUT2D eigenvalue weighted by Crippen LogP contribution is -2.56. The first-order valence-electron chi connectivity index (χ1n) is 7.55. The van der Waals surface area contributed by atoms with E-state index in [2.05, 4.69) is 0 Å². The van der Waals surface area contributed by atoms with E-state index in [1.54, 1.807) is 0 Å². The molecule has 0 aromatic heterocycles. The summed E-state index contributed by atoms with van der Waals surface area (Å²) in [5.74, 6) is -0.574. The fourth-order valence-corrected chi connectivity index (χ4v) is 6.45. The predicted molar refractivity (Wildman–Crippen MR) is 93.9 cm³/mol. The van der Waals surface area contributed by atoms with E-state index in [9.17, 15) is 29.6 Å². The Morgan fingerprint density at radius 2 is 1.22 bits per heavy atom. The normalized spacial score (nSPS) is 16.8. The molecule has 1 aliphatic heterocycles. The highest BCUT2D eigenvalue weighted by Crippen LogP contribution is 2.29. The zero-order chi connectivity index (χ0) is 20.0. The molecular weight excluding hydrogens is 419 g/mol. The number of nitrogens with two attached hydrogens (primary N) is 1. The van der Waals surface area contributed by atoms with Crippen molar-refractivity contribution >= 4 is 29.9 Å². The number of rotatable bonds is 5. The van der Waals surface area contributed by atoms with Gasteiger partial charge in [-0.15, -0.1) is 0 Å². The standard InChI is InChI=1S/C15H15FN2O6S3/c16-11-1-3-12(4-2-11)25(19,20)15-9-18(10-15)27(23,24)14-7-5-13(6-8-14)26(17,21)22/h1-8,15H,9-10H2,(H2,17,21,22). The fourth-order valence-electron chi connectivity index (χ4n) is 2.56. The molecule has 12 heteroatoms. The monoisotopic (exact) mass is 434 g/mol. The molecule has 0 radical (unpaired) electrons. The lowest BCUT2D eigenvalue weighted by molar-refractivity contribution is 0.309. The third kappa shape index (κ3) is 3.75. The van der Waals surface area contributed by atoms with Crippen LogP contribution in [0, 0.1) is 5.82 Å². The second kappa shape index (κ2) is 6.63. The molecule has 0 spiro atoms. The third-order valence-electron chi connectivity index (χ3n) is 4.19. The smallest absolute Gasteiger partial charge is 0.225 e. The lowest BCUT2D eigenvalue weighted by atomic mass is 10.3. The largest absolute Gasteiger partial charge is 0.243 e. The van der Waals surface area contributed by atoms with Crippen LogP contribution in [0.25, 0.3) is 0 Å². The summed E-state index contributed by atoms with van der Waals surface area (Å²) in [6.45, 7) is -0.502. The number of sulfonamides is 2. The molecule has 0 amide bonds. The highest BCUT2D eigenvalue weighted by atomic mass is 32.2. The molecule has 0 aliphatic carbocycles. The summed E-state index contributed by atoms with van der Waals surface area (Å²) in [5, 5.41) is 4.02. The average molecular weight is 434 g/mol. The van der Waals surface area contributed by atoms with Gasteiger partial charge >= 0.3 is 0 Å². The first-order chi connectivity index (χ1) is 12.4. The van der Waals surface area contributed by atoms with Crippen LogP contribution in [0.15, 0.2) is 63.2 Å². The number of hydrogen-bond acceptors (Lipinski definition) is 6. The van der Waals surface area contributed by atoms with Gasteiger partial charge in [0.2, 0.25) is 20.0 Å². The number of sulfone groups is 1. The number of nitrogens with zero attached hydrogens (tertiary/aromatic N) is 1. The van der Waals surface area contributed by atoms with E-state index in [1.807, 2.05) is 0 Å². The Labute approximate surface area is 156 Å². The molecule has 27 heavy (non-hydrogen) atoms. The van der Waals surface area contributed by atoms with Crippen molar-refractivity contribution in [2.45, 2.75) is 19.9 Å². The van der Waals surface area contributed by atoms with E-state index in [4.69, 9.17) is 5.14 Å². The second-order valence-electron chi connectivity index (χ2n) is 5.96. The van der Waals surface area contributed by atoms with E-state index in [-0.39, 0.29) is 27.8 Å². The van der Waals surface area contributed by atoms with Crippen LogP contribution >= 0.6 is 0 Å². The van der Waals surface area contributed by atoms with Gasteiger partial charge in [-0.25, -0.2) is 34.8 Å². The van der Waals surface area contributed by atoms with Crippen molar-refractivity contribution in [3.8, 4) is 0 Å². The zero-order valence-corrected chi connectivity index (χ0v) is 16.1. The van der Waals surface area contributed by atoms with Crippen molar-refractivity contribution in [3.05, 3.63) is 54.3 Å². The van der Waals surface area contributed by atoms with Gasteiger partial charge in [-0.3, -0.25) is 0 Å². The van der Waals surface area contributed by atoms with E-state index >= 15 is 0 Å². The highest BCUT2D eigenvalue weighted by Gasteiger charge is 2.44. The van der Waals surface area contributed by atoms with Crippen molar-refractivity contribution in [3.63, 3.8) is 0 Å². The summed E-state index contributed by atoms with van der Waals surface area (Å²) in [6, 6.07) is 8.62. The Hall–Kier alpha value is -1.86. The molecule has 0 unspecified atom stereocenters.